The second-order valence-electron chi connectivity index (χ2n) is 7.38. The maximum absolute atomic E-state index is 12.4. The molecule has 0 unspecified atom stereocenters. The molecule has 2 aromatic rings. The Morgan fingerprint density at radius 1 is 1.15 bits per heavy atom. The first-order valence-electron chi connectivity index (χ1n) is 9.05. The predicted molar refractivity (Wildman–Crippen MR) is 104 cm³/mol. The van der Waals surface area contributed by atoms with Crippen LogP contribution >= 0.6 is 0 Å². The Bertz CT molecular complexity index is 966. The standard InChI is InChI=1S/C18H20N4O3S2/c23-26-7-6-15-16(26)17(19-14-10-27(24,25)11-14)21-18(20-15)22-8-13(9-22)12-4-2-1-3-5-12/h1-5,13-14H,6-11H2,(H,19,20,21)/t26-/m1/s1. The fraction of sp³-hybridized carbons (Fsp3) is 0.444. The van der Waals surface area contributed by atoms with Crippen LogP contribution in [0.15, 0.2) is 35.2 Å². The lowest BCUT2D eigenvalue weighted by atomic mass is 9.92. The summed E-state index contributed by atoms with van der Waals surface area (Å²) < 4.78 is 35.3. The first-order chi connectivity index (χ1) is 13.0. The number of nitrogens with one attached hydrogen (secondary N) is 1. The van der Waals surface area contributed by atoms with E-state index in [-0.39, 0.29) is 17.5 Å². The van der Waals surface area contributed by atoms with Gasteiger partial charge in [0.2, 0.25) is 10.8 Å². The second kappa shape index (κ2) is 6.35. The molecule has 3 aliphatic rings. The van der Waals surface area contributed by atoms with Crippen molar-refractivity contribution >= 4 is 32.8 Å². The summed E-state index contributed by atoms with van der Waals surface area (Å²) in [5.41, 5.74) is 2.14. The smallest absolute Gasteiger partial charge is 0.227 e. The van der Waals surface area contributed by atoms with Crippen LogP contribution in [0.4, 0.5) is 11.8 Å². The van der Waals surface area contributed by atoms with Crippen LogP contribution in [0, 0.1) is 0 Å². The van der Waals surface area contributed by atoms with Crippen LogP contribution in [0.3, 0.4) is 0 Å². The van der Waals surface area contributed by atoms with Crippen molar-refractivity contribution in [2.45, 2.75) is 23.3 Å². The van der Waals surface area contributed by atoms with E-state index >= 15 is 0 Å². The minimum atomic E-state index is -2.93. The average molecular weight is 405 g/mol. The number of benzene rings is 1. The topological polar surface area (TPSA) is 98.2 Å². The Morgan fingerprint density at radius 2 is 1.89 bits per heavy atom. The molecule has 3 aliphatic heterocycles. The third-order valence-corrected chi connectivity index (χ3v) is 8.64. The summed E-state index contributed by atoms with van der Waals surface area (Å²) in [5, 5.41) is 3.20. The Morgan fingerprint density at radius 3 is 2.59 bits per heavy atom. The van der Waals surface area contributed by atoms with Crippen LogP contribution in [0.1, 0.15) is 17.2 Å². The van der Waals surface area contributed by atoms with Crippen LogP contribution in [0.25, 0.3) is 0 Å². The molecule has 0 aliphatic carbocycles. The molecule has 27 heavy (non-hydrogen) atoms. The molecule has 1 aromatic heterocycles. The highest BCUT2D eigenvalue weighted by Crippen LogP contribution is 2.36. The van der Waals surface area contributed by atoms with E-state index in [4.69, 9.17) is 0 Å². The van der Waals surface area contributed by atoms with Gasteiger partial charge in [-0.1, -0.05) is 30.3 Å². The lowest BCUT2D eigenvalue weighted by Crippen LogP contribution is -2.48. The quantitative estimate of drug-likeness (QED) is 0.758. The summed E-state index contributed by atoms with van der Waals surface area (Å²) in [7, 11) is -2.93. The van der Waals surface area contributed by atoms with Crippen molar-refractivity contribution in [3.8, 4) is 0 Å². The average Bonchev–Trinajstić information content (AvgIpc) is 2.94. The zero-order valence-corrected chi connectivity index (χ0v) is 16.3. The summed E-state index contributed by atoms with van der Waals surface area (Å²) in [5.74, 6) is 2.42. The summed E-state index contributed by atoms with van der Waals surface area (Å²) in [6.07, 6.45) is 0.672. The van der Waals surface area contributed by atoms with Crippen LogP contribution in [-0.4, -0.2) is 59.3 Å². The Hall–Kier alpha value is -1.84. The number of aromatic nitrogens is 2. The van der Waals surface area contributed by atoms with Gasteiger partial charge in [-0.3, -0.25) is 0 Å². The SMILES string of the molecule is O=S1(=O)CC(Nc2nc(N3CC(c4ccccc4)C3)nc3c2[S@+]([O-])CC3)C1. The van der Waals surface area contributed by atoms with Crippen molar-refractivity contribution in [2.24, 2.45) is 0 Å². The molecule has 7 nitrogen and oxygen atoms in total. The third-order valence-electron chi connectivity index (χ3n) is 5.36. The van der Waals surface area contributed by atoms with Crippen molar-refractivity contribution < 1.29 is 13.0 Å². The van der Waals surface area contributed by atoms with Gasteiger partial charge in [-0.2, -0.15) is 4.98 Å². The number of sulfone groups is 1. The van der Waals surface area contributed by atoms with Gasteiger partial charge in [0.05, 0.1) is 17.5 Å². The summed E-state index contributed by atoms with van der Waals surface area (Å²) in [4.78, 5) is 12.1. The minimum Gasteiger partial charge on any atom is -0.611 e. The van der Waals surface area contributed by atoms with E-state index in [1.54, 1.807) is 0 Å². The van der Waals surface area contributed by atoms with Gasteiger partial charge in [0.25, 0.3) is 0 Å². The number of hydrogen-bond donors (Lipinski definition) is 1. The van der Waals surface area contributed by atoms with Gasteiger partial charge in [0, 0.05) is 25.4 Å². The fourth-order valence-corrected chi connectivity index (χ4v) is 6.45. The van der Waals surface area contributed by atoms with Gasteiger partial charge < -0.3 is 14.8 Å². The molecule has 0 spiro atoms. The normalized spacial score (nSPS) is 24.2. The summed E-state index contributed by atoms with van der Waals surface area (Å²) in [6, 6.07) is 10.2. The molecule has 1 aromatic carbocycles. The van der Waals surface area contributed by atoms with Crippen molar-refractivity contribution in [2.75, 3.05) is 40.6 Å². The molecule has 0 saturated carbocycles. The molecule has 0 bridgehead atoms. The maximum Gasteiger partial charge on any atom is 0.227 e. The highest BCUT2D eigenvalue weighted by molar-refractivity contribution is 7.93. The van der Waals surface area contributed by atoms with Gasteiger partial charge in [-0.15, -0.1) is 0 Å². The first kappa shape index (κ1) is 17.3. The molecule has 9 heteroatoms. The molecule has 0 amide bonds. The highest BCUT2D eigenvalue weighted by Gasteiger charge is 2.39. The van der Waals surface area contributed by atoms with Gasteiger partial charge in [0.15, 0.2) is 15.7 Å². The van der Waals surface area contributed by atoms with Crippen LogP contribution in [0.2, 0.25) is 0 Å². The number of rotatable bonds is 4. The van der Waals surface area contributed by atoms with E-state index in [0.29, 0.717) is 34.8 Å². The zero-order chi connectivity index (χ0) is 18.6. The molecule has 142 valence electrons. The molecule has 0 radical (unpaired) electrons. The maximum atomic E-state index is 12.4. The van der Waals surface area contributed by atoms with Crippen molar-refractivity contribution in [3.63, 3.8) is 0 Å². The zero-order valence-electron chi connectivity index (χ0n) is 14.7. The van der Waals surface area contributed by atoms with E-state index in [1.165, 1.54) is 5.56 Å². The van der Waals surface area contributed by atoms with Crippen LogP contribution in [0.5, 0.6) is 0 Å². The fourth-order valence-electron chi connectivity index (χ4n) is 3.84. The predicted octanol–water partition coefficient (Wildman–Crippen LogP) is 0.953. The molecule has 5 rings (SSSR count). The van der Waals surface area contributed by atoms with Crippen LogP contribution in [-0.2, 0) is 27.4 Å². The molecule has 2 fully saturated rings. The van der Waals surface area contributed by atoms with Gasteiger partial charge in [0.1, 0.15) is 11.4 Å². The molecule has 4 heterocycles. The van der Waals surface area contributed by atoms with E-state index < -0.39 is 21.0 Å². The number of aryl methyl sites for hydroxylation is 1. The number of hydrogen-bond acceptors (Lipinski definition) is 7. The molecule has 1 atom stereocenters. The van der Waals surface area contributed by atoms with Crippen molar-refractivity contribution in [1.29, 1.82) is 0 Å². The summed E-state index contributed by atoms with van der Waals surface area (Å²) in [6.45, 7) is 1.70. The molecule has 2 saturated heterocycles. The Labute approximate surface area is 161 Å². The van der Waals surface area contributed by atoms with E-state index in [2.05, 4.69) is 32.3 Å². The molecular weight excluding hydrogens is 384 g/mol. The second-order valence-corrected chi connectivity index (χ2v) is 11.0. The monoisotopic (exact) mass is 404 g/mol. The lowest BCUT2D eigenvalue weighted by Gasteiger charge is -2.40. The van der Waals surface area contributed by atoms with Gasteiger partial charge >= 0.3 is 0 Å². The molecule has 1 N–H and O–H groups in total. The lowest BCUT2D eigenvalue weighted by molar-refractivity contribution is 0.512. The summed E-state index contributed by atoms with van der Waals surface area (Å²) >= 11 is -1.12. The van der Waals surface area contributed by atoms with E-state index in [9.17, 15) is 13.0 Å². The van der Waals surface area contributed by atoms with Gasteiger partial charge in [-0.05, 0) is 16.7 Å². The number of nitrogens with zero attached hydrogens (tertiary/aromatic N) is 3. The van der Waals surface area contributed by atoms with Gasteiger partial charge in [-0.25, -0.2) is 13.4 Å². The number of anilines is 2. The van der Waals surface area contributed by atoms with E-state index in [1.807, 2.05) is 18.2 Å². The van der Waals surface area contributed by atoms with Crippen molar-refractivity contribution in [3.05, 3.63) is 41.6 Å². The largest absolute Gasteiger partial charge is 0.611 e. The Balaban J connectivity index is 1.37. The minimum absolute atomic E-state index is 0.105. The third kappa shape index (κ3) is 3.17. The first-order valence-corrected chi connectivity index (χ1v) is 12.2. The molecular formula is C18H20N4O3S2. The van der Waals surface area contributed by atoms with Crippen molar-refractivity contribution in [1.82, 2.24) is 9.97 Å². The van der Waals surface area contributed by atoms with E-state index in [0.717, 1.165) is 18.8 Å². The van der Waals surface area contributed by atoms with Crippen LogP contribution < -0.4 is 10.2 Å². The highest BCUT2D eigenvalue weighted by atomic mass is 32.2. The number of fused-ring (bicyclic) bond motifs is 1. The Kier molecular flexibility index (Phi) is 4.06.